The van der Waals surface area contributed by atoms with Crippen LogP contribution in [-0.2, 0) is 10.0 Å². The fourth-order valence-electron chi connectivity index (χ4n) is 2.01. The van der Waals surface area contributed by atoms with Crippen molar-refractivity contribution < 1.29 is 8.42 Å². The van der Waals surface area contributed by atoms with Crippen LogP contribution in [0.25, 0.3) is 0 Å². The zero-order valence-corrected chi connectivity index (χ0v) is 13.4. The molecule has 0 heterocycles. The Morgan fingerprint density at radius 2 is 1.76 bits per heavy atom. The lowest BCUT2D eigenvalue weighted by Crippen LogP contribution is -2.26. The largest absolute Gasteiger partial charge is 0.389 e. The highest BCUT2D eigenvalue weighted by Gasteiger charge is 2.21. The molecule has 0 atom stereocenters. The molecule has 6 heteroatoms. The summed E-state index contributed by atoms with van der Waals surface area (Å²) in [7, 11) is -2.08. The highest BCUT2D eigenvalue weighted by molar-refractivity contribution is 7.92. The number of rotatable bonds is 4. The number of nitrogens with zero attached hydrogens (tertiary/aromatic N) is 1. The minimum absolute atomic E-state index is 0.214. The van der Waals surface area contributed by atoms with E-state index in [1.54, 1.807) is 43.3 Å². The Kier molecular flexibility index (Phi) is 4.29. The van der Waals surface area contributed by atoms with Gasteiger partial charge in [0.15, 0.2) is 0 Å². The number of hydrogen-bond donors (Lipinski definition) is 1. The zero-order chi connectivity index (χ0) is 15.6. The standard InChI is InChI=1S/C15H16N2O2S2/c1-11-10-13(8-9-14(11)15(16)20)21(18,19)17(2)12-6-4-3-5-7-12/h3-10H,1-2H3,(H2,16,20). The molecule has 0 aromatic heterocycles. The molecule has 0 aliphatic rings. The van der Waals surface area contributed by atoms with E-state index in [4.69, 9.17) is 18.0 Å². The van der Waals surface area contributed by atoms with Crippen molar-refractivity contribution in [3.8, 4) is 0 Å². The third kappa shape index (κ3) is 3.06. The van der Waals surface area contributed by atoms with Crippen LogP contribution in [0.15, 0.2) is 53.4 Å². The molecule has 0 aliphatic carbocycles. The second-order valence-corrected chi connectivity index (χ2v) is 7.06. The molecule has 4 nitrogen and oxygen atoms in total. The number of aryl methyl sites for hydroxylation is 1. The highest BCUT2D eigenvalue weighted by atomic mass is 32.2. The van der Waals surface area contributed by atoms with E-state index >= 15 is 0 Å². The van der Waals surface area contributed by atoms with E-state index in [0.717, 1.165) is 5.56 Å². The van der Waals surface area contributed by atoms with Crippen molar-refractivity contribution in [2.45, 2.75) is 11.8 Å². The summed E-state index contributed by atoms with van der Waals surface area (Å²) in [5.41, 5.74) is 7.63. The first-order valence-corrected chi connectivity index (χ1v) is 8.13. The van der Waals surface area contributed by atoms with Gasteiger partial charge in [-0.15, -0.1) is 0 Å². The summed E-state index contributed by atoms with van der Waals surface area (Å²) in [6, 6.07) is 13.7. The van der Waals surface area contributed by atoms with Crippen LogP contribution in [0, 0.1) is 6.92 Å². The molecule has 0 radical (unpaired) electrons. The van der Waals surface area contributed by atoms with E-state index in [1.807, 2.05) is 6.07 Å². The minimum atomic E-state index is -3.61. The average Bonchev–Trinajstić information content (AvgIpc) is 2.46. The Morgan fingerprint density at radius 1 is 1.14 bits per heavy atom. The van der Waals surface area contributed by atoms with E-state index in [1.165, 1.54) is 17.4 Å². The van der Waals surface area contributed by atoms with Crippen molar-refractivity contribution in [1.82, 2.24) is 0 Å². The number of anilines is 1. The molecule has 21 heavy (non-hydrogen) atoms. The molecule has 2 aromatic carbocycles. The van der Waals surface area contributed by atoms with Gasteiger partial charge in [0.25, 0.3) is 10.0 Å². The van der Waals surface area contributed by atoms with Crippen LogP contribution in [0.3, 0.4) is 0 Å². The van der Waals surface area contributed by atoms with Crippen molar-refractivity contribution in [1.29, 1.82) is 0 Å². The van der Waals surface area contributed by atoms with Gasteiger partial charge in [-0.3, -0.25) is 4.31 Å². The number of benzene rings is 2. The Balaban J connectivity index is 2.45. The minimum Gasteiger partial charge on any atom is -0.389 e. The van der Waals surface area contributed by atoms with Crippen LogP contribution < -0.4 is 10.0 Å². The van der Waals surface area contributed by atoms with Crippen molar-refractivity contribution in [2.75, 3.05) is 11.4 Å². The van der Waals surface area contributed by atoms with Crippen LogP contribution in [0.5, 0.6) is 0 Å². The van der Waals surface area contributed by atoms with Crippen LogP contribution in [0.1, 0.15) is 11.1 Å². The molecule has 0 fully saturated rings. The second kappa shape index (κ2) is 5.83. The molecule has 0 amide bonds. The van der Waals surface area contributed by atoms with Crippen LogP contribution in [0.4, 0.5) is 5.69 Å². The van der Waals surface area contributed by atoms with Gasteiger partial charge in [-0.1, -0.05) is 36.5 Å². The van der Waals surface area contributed by atoms with Gasteiger partial charge >= 0.3 is 0 Å². The van der Waals surface area contributed by atoms with E-state index in [2.05, 4.69) is 0 Å². The first-order chi connectivity index (χ1) is 9.84. The van der Waals surface area contributed by atoms with E-state index in [0.29, 0.717) is 11.3 Å². The van der Waals surface area contributed by atoms with Gasteiger partial charge in [0, 0.05) is 12.6 Å². The molecule has 0 saturated heterocycles. The summed E-state index contributed by atoms with van der Waals surface area (Å²) in [5.74, 6) is 0. The summed E-state index contributed by atoms with van der Waals surface area (Å²) in [4.78, 5) is 0.471. The van der Waals surface area contributed by atoms with E-state index < -0.39 is 10.0 Å². The van der Waals surface area contributed by atoms with Crippen molar-refractivity contribution in [3.63, 3.8) is 0 Å². The number of sulfonamides is 1. The monoisotopic (exact) mass is 320 g/mol. The Hall–Kier alpha value is -1.92. The fourth-order valence-corrected chi connectivity index (χ4v) is 3.52. The van der Waals surface area contributed by atoms with E-state index in [-0.39, 0.29) is 9.88 Å². The van der Waals surface area contributed by atoms with Gasteiger partial charge in [0.1, 0.15) is 4.99 Å². The molecule has 0 saturated carbocycles. The molecule has 0 spiro atoms. The van der Waals surface area contributed by atoms with Gasteiger partial charge in [0.2, 0.25) is 0 Å². The average molecular weight is 320 g/mol. The lowest BCUT2D eigenvalue weighted by atomic mass is 10.1. The summed E-state index contributed by atoms with van der Waals surface area (Å²) in [5, 5.41) is 0. The third-order valence-corrected chi connectivity index (χ3v) is 5.24. The lowest BCUT2D eigenvalue weighted by molar-refractivity contribution is 0.594. The SMILES string of the molecule is Cc1cc(S(=O)(=O)N(C)c2ccccc2)ccc1C(N)=S. The van der Waals surface area contributed by atoms with Gasteiger partial charge in [-0.25, -0.2) is 8.42 Å². The predicted octanol–water partition coefficient (Wildman–Crippen LogP) is 2.45. The zero-order valence-electron chi connectivity index (χ0n) is 11.8. The van der Waals surface area contributed by atoms with Crippen molar-refractivity contribution in [3.05, 3.63) is 59.7 Å². The Labute approximate surface area is 130 Å². The maximum atomic E-state index is 12.6. The topological polar surface area (TPSA) is 63.4 Å². The first kappa shape index (κ1) is 15.5. The van der Waals surface area contributed by atoms with Gasteiger partial charge in [-0.2, -0.15) is 0 Å². The Morgan fingerprint density at radius 3 is 2.29 bits per heavy atom. The van der Waals surface area contributed by atoms with Crippen molar-refractivity contribution in [2.24, 2.45) is 5.73 Å². The maximum absolute atomic E-state index is 12.6. The highest BCUT2D eigenvalue weighted by Crippen LogP contribution is 2.23. The predicted molar refractivity (Wildman–Crippen MR) is 89.1 cm³/mol. The van der Waals surface area contributed by atoms with Crippen molar-refractivity contribution >= 4 is 32.9 Å². The third-order valence-electron chi connectivity index (χ3n) is 3.24. The molecular formula is C15H16N2O2S2. The van der Waals surface area contributed by atoms with Gasteiger partial charge in [0.05, 0.1) is 10.6 Å². The summed E-state index contributed by atoms with van der Waals surface area (Å²) >= 11 is 4.93. The molecule has 110 valence electrons. The second-order valence-electron chi connectivity index (χ2n) is 4.65. The summed E-state index contributed by atoms with van der Waals surface area (Å²) in [6.45, 7) is 1.79. The Bertz CT molecular complexity index is 772. The number of nitrogens with two attached hydrogens (primary N) is 1. The van der Waals surface area contributed by atoms with Crippen LogP contribution >= 0.6 is 12.2 Å². The van der Waals surface area contributed by atoms with E-state index in [9.17, 15) is 8.42 Å². The molecule has 2 aromatic rings. The number of hydrogen-bond acceptors (Lipinski definition) is 3. The molecule has 0 bridgehead atoms. The van der Waals surface area contributed by atoms with Crippen LogP contribution in [0.2, 0.25) is 0 Å². The fraction of sp³-hybridized carbons (Fsp3) is 0.133. The van der Waals surface area contributed by atoms with Crippen LogP contribution in [-0.4, -0.2) is 20.5 Å². The normalized spacial score (nSPS) is 11.1. The molecule has 2 N–H and O–H groups in total. The first-order valence-electron chi connectivity index (χ1n) is 6.28. The quantitative estimate of drug-likeness (QED) is 0.879. The summed E-state index contributed by atoms with van der Waals surface area (Å²) in [6.07, 6.45) is 0. The molecule has 2 rings (SSSR count). The summed E-state index contributed by atoms with van der Waals surface area (Å²) < 4.78 is 26.5. The molecule has 0 unspecified atom stereocenters. The van der Waals surface area contributed by atoms with Gasteiger partial charge < -0.3 is 5.73 Å². The lowest BCUT2D eigenvalue weighted by Gasteiger charge is -2.20. The molecule has 0 aliphatic heterocycles. The van der Waals surface area contributed by atoms with Gasteiger partial charge in [-0.05, 0) is 36.8 Å². The number of thiocarbonyl (C=S) groups is 1. The number of para-hydroxylation sites is 1. The molecular weight excluding hydrogens is 304 g/mol. The smallest absolute Gasteiger partial charge is 0.264 e. The maximum Gasteiger partial charge on any atom is 0.264 e.